The summed E-state index contributed by atoms with van der Waals surface area (Å²) in [6, 6.07) is 8.54. The Kier molecular flexibility index (Phi) is 3.79. The van der Waals surface area contributed by atoms with E-state index in [9.17, 15) is 17.2 Å². The third-order valence-electron chi connectivity index (χ3n) is 5.33. The number of benzene rings is 1. The molecule has 1 aliphatic heterocycles. The molecule has 4 nitrogen and oxygen atoms in total. The number of alkyl halides is 2. The molecule has 2 heterocycles. The van der Waals surface area contributed by atoms with Crippen molar-refractivity contribution in [3.8, 4) is 0 Å². The number of hydrogen-bond donors (Lipinski definition) is 0. The van der Waals surface area contributed by atoms with Crippen LogP contribution in [0.1, 0.15) is 43.2 Å². The summed E-state index contributed by atoms with van der Waals surface area (Å²) in [5, 5.41) is 0. The number of hydrogen-bond acceptors (Lipinski definition) is 3. The van der Waals surface area contributed by atoms with Gasteiger partial charge in [-0.2, -0.15) is 0 Å². The number of rotatable bonds is 3. The van der Waals surface area contributed by atoms with Gasteiger partial charge in [0.05, 0.1) is 5.69 Å². The van der Waals surface area contributed by atoms with E-state index in [1.54, 1.807) is 6.07 Å². The fourth-order valence-corrected chi connectivity index (χ4v) is 5.67. The molecule has 0 amide bonds. The van der Waals surface area contributed by atoms with E-state index in [1.165, 1.54) is 4.31 Å². The summed E-state index contributed by atoms with van der Waals surface area (Å²) in [5.41, 5.74) is 1.17. The zero-order valence-electron chi connectivity index (χ0n) is 13.5. The highest BCUT2D eigenvalue weighted by atomic mass is 32.2. The van der Waals surface area contributed by atoms with E-state index in [1.807, 2.05) is 18.2 Å². The van der Waals surface area contributed by atoms with Gasteiger partial charge in [0.25, 0.3) is 16.4 Å². The van der Waals surface area contributed by atoms with Crippen molar-refractivity contribution in [2.45, 2.75) is 42.4 Å². The summed E-state index contributed by atoms with van der Waals surface area (Å²) in [7, 11) is -3.93. The van der Waals surface area contributed by atoms with E-state index < -0.39 is 16.4 Å². The van der Waals surface area contributed by atoms with Crippen LogP contribution in [0.5, 0.6) is 0 Å². The molecule has 0 bridgehead atoms. The van der Waals surface area contributed by atoms with Gasteiger partial charge >= 0.3 is 0 Å². The molecule has 25 heavy (non-hydrogen) atoms. The standard InChI is InChI=1S/C18H18F2N2O2S/c19-17(20)13-9-14(11-21-10-13)25(23,24)22-12-18(7-3-4-8-18)15-5-1-2-6-16(15)22/h1-2,5-6,9-11,17H,3-4,7-8,12H2. The second-order valence-corrected chi connectivity index (χ2v) is 8.63. The molecule has 1 aliphatic carbocycles. The van der Waals surface area contributed by atoms with Crippen LogP contribution in [0.4, 0.5) is 14.5 Å². The Bertz CT molecular complexity index is 909. The minimum Gasteiger partial charge on any atom is -0.265 e. The molecule has 0 radical (unpaired) electrons. The first-order valence-corrected chi connectivity index (χ1v) is 9.73. The third kappa shape index (κ3) is 2.52. The molecular weight excluding hydrogens is 346 g/mol. The minimum absolute atomic E-state index is 0.155. The van der Waals surface area contributed by atoms with E-state index in [0.29, 0.717) is 12.2 Å². The van der Waals surface area contributed by atoms with E-state index in [-0.39, 0.29) is 15.9 Å². The van der Waals surface area contributed by atoms with Crippen LogP contribution in [0.15, 0.2) is 47.6 Å². The Morgan fingerprint density at radius 3 is 2.56 bits per heavy atom. The number of fused-ring (bicyclic) bond motifs is 2. The molecule has 1 spiro atoms. The highest BCUT2D eigenvalue weighted by Gasteiger charge is 2.48. The van der Waals surface area contributed by atoms with Crippen molar-refractivity contribution in [1.82, 2.24) is 4.98 Å². The Balaban J connectivity index is 1.80. The van der Waals surface area contributed by atoms with Crippen LogP contribution in [0.25, 0.3) is 0 Å². The second-order valence-electron chi connectivity index (χ2n) is 6.77. The van der Waals surface area contributed by atoms with Crippen molar-refractivity contribution < 1.29 is 17.2 Å². The quantitative estimate of drug-likeness (QED) is 0.826. The average Bonchev–Trinajstić information content (AvgIpc) is 3.22. The highest BCUT2D eigenvalue weighted by Crippen LogP contribution is 2.51. The average molecular weight is 364 g/mol. The molecule has 4 rings (SSSR count). The van der Waals surface area contributed by atoms with Crippen molar-refractivity contribution in [3.05, 3.63) is 53.9 Å². The second kappa shape index (κ2) is 5.76. The predicted octanol–water partition coefficient (Wildman–Crippen LogP) is 4.04. The molecule has 7 heteroatoms. The predicted molar refractivity (Wildman–Crippen MR) is 90.3 cm³/mol. The normalized spacial score (nSPS) is 18.9. The van der Waals surface area contributed by atoms with Gasteiger partial charge in [-0.1, -0.05) is 31.0 Å². The van der Waals surface area contributed by atoms with Gasteiger partial charge in [0.1, 0.15) is 4.90 Å². The number of anilines is 1. The smallest absolute Gasteiger partial charge is 0.265 e. The number of halogens is 2. The van der Waals surface area contributed by atoms with E-state index in [0.717, 1.165) is 49.7 Å². The van der Waals surface area contributed by atoms with E-state index in [4.69, 9.17) is 0 Å². The maximum Gasteiger partial charge on any atom is 0.265 e. The molecule has 0 saturated heterocycles. The van der Waals surface area contributed by atoms with Crippen LogP contribution in [-0.2, 0) is 15.4 Å². The van der Waals surface area contributed by atoms with Crippen molar-refractivity contribution in [2.75, 3.05) is 10.8 Å². The summed E-state index contributed by atoms with van der Waals surface area (Å²) < 4.78 is 53.6. The van der Waals surface area contributed by atoms with E-state index >= 15 is 0 Å². The SMILES string of the molecule is O=S(=O)(c1cncc(C(F)F)c1)N1CC2(CCCC2)c2ccccc21. The van der Waals surface area contributed by atoms with Gasteiger partial charge in [-0.25, -0.2) is 17.2 Å². The van der Waals surface area contributed by atoms with Gasteiger partial charge in [0, 0.05) is 29.9 Å². The fraction of sp³-hybridized carbons (Fsp3) is 0.389. The first-order chi connectivity index (χ1) is 11.9. The number of aromatic nitrogens is 1. The molecule has 0 unspecified atom stereocenters. The Morgan fingerprint density at radius 2 is 1.84 bits per heavy atom. The maximum absolute atomic E-state index is 13.2. The number of nitrogens with zero attached hydrogens (tertiary/aromatic N) is 2. The minimum atomic E-state index is -3.93. The fourth-order valence-electron chi connectivity index (χ4n) is 4.10. The number of pyridine rings is 1. The molecule has 132 valence electrons. The third-order valence-corrected chi connectivity index (χ3v) is 7.05. The van der Waals surface area contributed by atoms with Crippen LogP contribution in [-0.4, -0.2) is 19.9 Å². The van der Waals surface area contributed by atoms with Gasteiger partial charge in [-0.05, 0) is 30.5 Å². The Hall–Kier alpha value is -2.02. The lowest BCUT2D eigenvalue weighted by molar-refractivity contribution is 0.150. The summed E-state index contributed by atoms with van der Waals surface area (Å²) in [5.74, 6) is 0. The van der Waals surface area contributed by atoms with Crippen LogP contribution in [0.3, 0.4) is 0 Å². The number of para-hydroxylation sites is 1. The van der Waals surface area contributed by atoms with Gasteiger partial charge in [0.2, 0.25) is 0 Å². The topological polar surface area (TPSA) is 50.3 Å². The van der Waals surface area contributed by atoms with Crippen LogP contribution in [0, 0.1) is 0 Å². The molecule has 2 aromatic rings. The lowest BCUT2D eigenvalue weighted by atomic mass is 9.81. The van der Waals surface area contributed by atoms with Crippen LogP contribution >= 0.6 is 0 Å². The molecule has 0 atom stereocenters. The number of sulfonamides is 1. The van der Waals surface area contributed by atoms with Gasteiger partial charge in [0.15, 0.2) is 0 Å². The summed E-state index contributed by atoms with van der Waals surface area (Å²) in [6.45, 7) is 0.369. The zero-order chi connectivity index (χ0) is 17.7. The summed E-state index contributed by atoms with van der Waals surface area (Å²) in [4.78, 5) is 3.52. The monoisotopic (exact) mass is 364 g/mol. The van der Waals surface area contributed by atoms with Crippen molar-refractivity contribution in [2.24, 2.45) is 0 Å². The molecular formula is C18H18F2N2O2S. The summed E-state index contributed by atoms with van der Waals surface area (Å²) >= 11 is 0. The molecule has 2 aliphatic rings. The molecule has 1 aromatic carbocycles. The van der Waals surface area contributed by atoms with E-state index in [2.05, 4.69) is 4.98 Å². The van der Waals surface area contributed by atoms with Gasteiger partial charge < -0.3 is 0 Å². The van der Waals surface area contributed by atoms with Gasteiger partial charge in [-0.3, -0.25) is 9.29 Å². The van der Waals surface area contributed by atoms with Gasteiger partial charge in [-0.15, -0.1) is 0 Å². The Morgan fingerprint density at radius 1 is 1.12 bits per heavy atom. The molecule has 0 N–H and O–H groups in total. The molecule has 1 aromatic heterocycles. The van der Waals surface area contributed by atoms with Crippen molar-refractivity contribution in [3.63, 3.8) is 0 Å². The molecule has 1 saturated carbocycles. The largest absolute Gasteiger partial charge is 0.265 e. The molecule has 1 fully saturated rings. The van der Waals surface area contributed by atoms with Crippen molar-refractivity contribution in [1.29, 1.82) is 0 Å². The van der Waals surface area contributed by atoms with Crippen LogP contribution in [0.2, 0.25) is 0 Å². The highest BCUT2D eigenvalue weighted by molar-refractivity contribution is 7.92. The lowest BCUT2D eigenvalue weighted by Crippen LogP contribution is -2.35. The lowest BCUT2D eigenvalue weighted by Gasteiger charge is -2.25. The first-order valence-electron chi connectivity index (χ1n) is 8.29. The van der Waals surface area contributed by atoms with Crippen LogP contribution < -0.4 is 4.31 Å². The zero-order valence-corrected chi connectivity index (χ0v) is 14.3. The Labute approximate surface area is 145 Å². The first kappa shape index (κ1) is 16.4. The maximum atomic E-state index is 13.2. The van der Waals surface area contributed by atoms with Crippen molar-refractivity contribution >= 4 is 15.7 Å². The summed E-state index contributed by atoms with van der Waals surface area (Å²) in [6.07, 6.45) is 3.44.